The summed E-state index contributed by atoms with van der Waals surface area (Å²) in [6.45, 7) is 12.3. The number of carbonyl (C=O) groups is 2. The molecule has 118 valence electrons. The van der Waals surface area contributed by atoms with Crippen molar-refractivity contribution < 1.29 is 23.9 Å². The molecule has 0 fully saturated rings. The fourth-order valence-electron chi connectivity index (χ4n) is 2.92. The average molecular weight is 304 g/mol. The molecule has 6 heteroatoms. The molecule has 0 aromatic heterocycles. The fourth-order valence-corrected chi connectivity index (χ4v) is 8.11. The Morgan fingerprint density at radius 3 is 1.70 bits per heavy atom. The quantitative estimate of drug-likeness (QED) is 0.578. The summed E-state index contributed by atoms with van der Waals surface area (Å²) < 4.78 is 10.2. The lowest BCUT2D eigenvalue weighted by Crippen LogP contribution is -2.51. The summed E-state index contributed by atoms with van der Waals surface area (Å²) in [6.07, 6.45) is -1.82. The molecule has 0 aromatic carbocycles. The van der Waals surface area contributed by atoms with Crippen LogP contribution in [-0.2, 0) is 18.8 Å². The van der Waals surface area contributed by atoms with Crippen LogP contribution in [0.3, 0.4) is 0 Å². The monoisotopic (exact) mass is 304 g/mol. The van der Waals surface area contributed by atoms with Gasteiger partial charge in [0.2, 0.25) is 0 Å². The maximum Gasteiger partial charge on any atom is 0.322 e. The molecule has 20 heavy (non-hydrogen) atoms. The van der Waals surface area contributed by atoms with Crippen molar-refractivity contribution in [1.82, 2.24) is 0 Å². The smallest absolute Gasteiger partial charge is 0.322 e. The molecule has 0 heterocycles. The van der Waals surface area contributed by atoms with Gasteiger partial charge in [0.25, 0.3) is 8.32 Å². The first kappa shape index (κ1) is 19.1. The van der Waals surface area contributed by atoms with Crippen LogP contribution < -0.4 is 0 Å². The Morgan fingerprint density at radius 1 is 1.00 bits per heavy atom. The van der Waals surface area contributed by atoms with E-state index < -0.39 is 26.4 Å². The van der Waals surface area contributed by atoms with E-state index in [0.29, 0.717) is 0 Å². The van der Waals surface area contributed by atoms with Crippen molar-refractivity contribution in [3.8, 4) is 0 Å². The van der Waals surface area contributed by atoms with Gasteiger partial charge in [0.1, 0.15) is 0 Å². The van der Waals surface area contributed by atoms with Gasteiger partial charge in [0, 0.05) is 0 Å². The average Bonchev–Trinajstić information content (AvgIpc) is 2.33. The summed E-state index contributed by atoms with van der Waals surface area (Å²) >= 11 is 0. The molecule has 1 unspecified atom stereocenters. The van der Waals surface area contributed by atoms with Gasteiger partial charge >= 0.3 is 11.9 Å². The Bertz CT molecular complexity index is 317. The fraction of sp³-hybridized carbons (Fsp3) is 0.857. The van der Waals surface area contributed by atoms with Crippen molar-refractivity contribution >= 4 is 20.3 Å². The van der Waals surface area contributed by atoms with Crippen molar-refractivity contribution in [3.63, 3.8) is 0 Å². The van der Waals surface area contributed by atoms with E-state index in [2.05, 4.69) is 4.74 Å². The maximum absolute atomic E-state index is 12.1. The highest BCUT2D eigenvalue weighted by Crippen LogP contribution is 2.42. The minimum atomic E-state index is -2.38. The first-order valence-corrected chi connectivity index (χ1v) is 9.21. The van der Waals surface area contributed by atoms with Crippen LogP contribution in [0.4, 0.5) is 0 Å². The van der Waals surface area contributed by atoms with Crippen molar-refractivity contribution in [2.24, 2.45) is 0 Å². The topological polar surface area (TPSA) is 72.8 Å². The molecule has 0 spiro atoms. The molecule has 1 atom stereocenters. The second-order valence-corrected chi connectivity index (χ2v) is 11.4. The SMILES string of the molecule is COC(=O)CC(O)C(=O)O[Si](C(C)C)(C(C)C)C(C)C. The first-order valence-electron chi connectivity index (χ1n) is 7.07. The number of carbonyl (C=O) groups excluding carboxylic acids is 2. The molecule has 0 aliphatic carbocycles. The van der Waals surface area contributed by atoms with Crippen molar-refractivity contribution in [2.75, 3.05) is 7.11 Å². The van der Waals surface area contributed by atoms with E-state index in [-0.39, 0.29) is 23.0 Å². The van der Waals surface area contributed by atoms with Crippen molar-refractivity contribution in [1.29, 1.82) is 0 Å². The summed E-state index contributed by atoms with van der Waals surface area (Å²) in [4.78, 5) is 23.2. The third kappa shape index (κ3) is 4.31. The highest BCUT2D eigenvalue weighted by Gasteiger charge is 2.48. The summed E-state index contributed by atoms with van der Waals surface area (Å²) in [5.41, 5.74) is 0.699. The van der Waals surface area contributed by atoms with Gasteiger partial charge in [0.15, 0.2) is 6.10 Å². The van der Waals surface area contributed by atoms with Crippen molar-refractivity contribution in [3.05, 3.63) is 0 Å². The van der Waals surface area contributed by atoms with Crippen LogP contribution in [0.5, 0.6) is 0 Å². The van der Waals surface area contributed by atoms with E-state index in [0.717, 1.165) is 0 Å². The van der Waals surface area contributed by atoms with Crippen molar-refractivity contribution in [2.45, 2.75) is 70.7 Å². The standard InChI is InChI=1S/C14H28O5Si/c1-9(2)20(10(3)4,11(5)6)19-14(17)12(15)8-13(16)18-7/h9-12,15H,8H2,1-7H3. The van der Waals surface area contributed by atoms with E-state index in [1.165, 1.54) is 7.11 Å². The zero-order valence-corrected chi connectivity index (χ0v) is 14.6. The molecule has 0 radical (unpaired) electrons. The third-order valence-corrected chi connectivity index (χ3v) is 9.81. The Labute approximate surface area is 122 Å². The normalized spacial score (nSPS) is 13.8. The van der Waals surface area contributed by atoms with Crippen LogP contribution in [0.25, 0.3) is 0 Å². The van der Waals surface area contributed by atoms with Gasteiger partial charge in [-0.25, -0.2) is 0 Å². The van der Waals surface area contributed by atoms with Crippen LogP contribution in [0, 0.1) is 0 Å². The largest absolute Gasteiger partial charge is 0.516 e. The third-order valence-electron chi connectivity index (χ3n) is 3.84. The number of rotatable bonds is 7. The van der Waals surface area contributed by atoms with Crippen LogP contribution in [0.2, 0.25) is 16.6 Å². The van der Waals surface area contributed by atoms with Gasteiger partial charge in [-0.1, -0.05) is 41.5 Å². The van der Waals surface area contributed by atoms with E-state index >= 15 is 0 Å². The molecule has 0 amide bonds. The molecule has 0 aromatic rings. The molecule has 0 bridgehead atoms. The number of aliphatic hydroxyl groups excluding tert-OH is 1. The number of methoxy groups -OCH3 is 1. The first-order chi connectivity index (χ1) is 9.09. The Hall–Kier alpha value is -0.883. The highest BCUT2D eigenvalue weighted by molar-refractivity contribution is 6.78. The Balaban J connectivity index is 5.09. The highest BCUT2D eigenvalue weighted by atomic mass is 28.4. The lowest BCUT2D eigenvalue weighted by molar-refractivity contribution is -0.153. The molecule has 0 aliphatic rings. The van der Waals surface area contributed by atoms with E-state index in [9.17, 15) is 14.7 Å². The zero-order chi connectivity index (χ0) is 16.1. The molecule has 0 rings (SSSR count). The maximum atomic E-state index is 12.1. The Morgan fingerprint density at radius 2 is 1.40 bits per heavy atom. The van der Waals surface area contributed by atoms with Gasteiger partial charge in [-0.2, -0.15) is 0 Å². The van der Waals surface area contributed by atoms with Gasteiger partial charge in [0.05, 0.1) is 13.5 Å². The van der Waals surface area contributed by atoms with Crippen LogP contribution >= 0.6 is 0 Å². The van der Waals surface area contributed by atoms with Crippen LogP contribution in [0.15, 0.2) is 0 Å². The number of hydrogen-bond donors (Lipinski definition) is 1. The van der Waals surface area contributed by atoms with Gasteiger partial charge in [-0.05, 0) is 16.6 Å². The van der Waals surface area contributed by atoms with E-state index in [1.807, 2.05) is 41.5 Å². The second kappa shape index (κ2) is 7.78. The lowest BCUT2D eigenvalue weighted by Gasteiger charge is -2.41. The minimum Gasteiger partial charge on any atom is -0.516 e. The Kier molecular flexibility index (Phi) is 7.44. The molecule has 0 saturated carbocycles. The second-order valence-electron chi connectivity index (χ2n) is 6.03. The number of aliphatic hydroxyl groups is 1. The van der Waals surface area contributed by atoms with Gasteiger partial charge in [-0.15, -0.1) is 0 Å². The predicted octanol–water partition coefficient (Wildman–Crippen LogP) is 2.63. The summed E-state index contributed by atoms with van der Waals surface area (Å²) in [5, 5.41) is 9.77. The van der Waals surface area contributed by atoms with Crippen LogP contribution in [-0.4, -0.2) is 38.6 Å². The summed E-state index contributed by atoms with van der Waals surface area (Å²) in [6, 6.07) is 0. The molecule has 1 N–H and O–H groups in total. The molecule has 5 nitrogen and oxygen atoms in total. The number of esters is 1. The van der Waals surface area contributed by atoms with E-state index in [1.54, 1.807) is 0 Å². The number of ether oxygens (including phenoxy) is 1. The molecule has 0 saturated heterocycles. The minimum absolute atomic E-state index is 0.233. The zero-order valence-electron chi connectivity index (χ0n) is 13.6. The predicted molar refractivity (Wildman–Crippen MR) is 79.8 cm³/mol. The number of hydrogen-bond acceptors (Lipinski definition) is 5. The summed E-state index contributed by atoms with van der Waals surface area (Å²) in [7, 11) is -1.16. The molecular weight excluding hydrogens is 276 g/mol. The molecule has 0 aliphatic heterocycles. The van der Waals surface area contributed by atoms with Gasteiger partial charge in [-0.3, -0.25) is 9.59 Å². The summed E-state index contributed by atoms with van der Waals surface area (Å²) in [5.74, 6) is -1.33. The van der Waals surface area contributed by atoms with Gasteiger partial charge < -0.3 is 14.3 Å². The van der Waals surface area contributed by atoms with Crippen LogP contribution in [0.1, 0.15) is 48.0 Å². The molecular formula is C14H28O5Si. The lowest BCUT2D eigenvalue weighted by atomic mass is 10.3. The van der Waals surface area contributed by atoms with E-state index in [4.69, 9.17) is 4.43 Å².